The van der Waals surface area contributed by atoms with Crippen LogP contribution in [0.15, 0.2) is 22.4 Å². The maximum absolute atomic E-state index is 7.66. The quantitative estimate of drug-likeness (QED) is 0.640. The number of aromatic nitrogens is 5. The van der Waals surface area contributed by atoms with Gasteiger partial charge in [0.2, 0.25) is 5.16 Å². The number of nitrogen functional groups attached to an aromatic ring is 1. The van der Waals surface area contributed by atoms with Gasteiger partial charge in [0.05, 0.1) is 11.6 Å². The molecule has 0 radical (unpaired) electrons. The van der Waals surface area contributed by atoms with Gasteiger partial charge in [0.1, 0.15) is 10.9 Å². The Balaban J connectivity index is 1.97. The van der Waals surface area contributed by atoms with Crippen molar-refractivity contribution in [2.45, 2.75) is 36.0 Å². The number of rotatable bonds is 4. The van der Waals surface area contributed by atoms with E-state index in [1.807, 2.05) is 17.7 Å². The molecule has 7 nitrogen and oxygen atoms in total. The number of amidine groups is 1. The molecule has 8 heteroatoms. The van der Waals surface area contributed by atoms with E-state index in [0.29, 0.717) is 21.8 Å². The summed E-state index contributed by atoms with van der Waals surface area (Å²) in [6, 6.07) is 2.24. The van der Waals surface area contributed by atoms with Gasteiger partial charge in [0, 0.05) is 6.20 Å². The number of hydrogen-bond donors (Lipinski definition) is 2. The Labute approximate surface area is 114 Å². The van der Waals surface area contributed by atoms with Crippen LogP contribution in [0.2, 0.25) is 0 Å². The van der Waals surface area contributed by atoms with E-state index < -0.39 is 0 Å². The van der Waals surface area contributed by atoms with Crippen LogP contribution in [0.1, 0.15) is 30.0 Å². The first-order chi connectivity index (χ1) is 9.16. The van der Waals surface area contributed by atoms with E-state index in [2.05, 4.69) is 20.5 Å². The molecule has 3 N–H and O–H groups in total. The Morgan fingerprint density at radius 3 is 3.00 bits per heavy atom. The molecule has 0 atom stereocenters. The van der Waals surface area contributed by atoms with Crippen LogP contribution in [0.25, 0.3) is 0 Å². The third-order valence-corrected chi connectivity index (χ3v) is 3.89. The molecule has 1 fully saturated rings. The monoisotopic (exact) mass is 275 g/mol. The molecule has 0 bridgehead atoms. The molecule has 1 aliphatic carbocycles. The molecule has 0 amide bonds. The average Bonchev–Trinajstić information content (AvgIpc) is 3.10. The van der Waals surface area contributed by atoms with Crippen molar-refractivity contribution >= 4 is 17.6 Å². The van der Waals surface area contributed by atoms with Crippen LogP contribution < -0.4 is 5.73 Å². The van der Waals surface area contributed by atoms with Crippen molar-refractivity contribution in [1.82, 2.24) is 25.2 Å². The molecule has 0 aromatic carbocycles. The van der Waals surface area contributed by atoms with Gasteiger partial charge in [0.25, 0.3) is 0 Å². The van der Waals surface area contributed by atoms with Gasteiger partial charge in [-0.3, -0.25) is 5.41 Å². The zero-order valence-corrected chi connectivity index (χ0v) is 11.2. The van der Waals surface area contributed by atoms with E-state index in [1.54, 1.807) is 6.20 Å². The summed E-state index contributed by atoms with van der Waals surface area (Å²) in [5, 5.41) is 20.7. The fraction of sp³-hybridized carbons (Fsp3) is 0.364. The molecule has 1 aliphatic rings. The Bertz CT molecular complexity index is 632. The van der Waals surface area contributed by atoms with E-state index >= 15 is 0 Å². The second-order valence-corrected chi connectivity index (χ2v) is 5.42. The van der Waals surface area contributed by atoms with Crippen molar-refractivity contribution in [1.29, 1.82) is 5.41 Å². The van der Waals surface area contributed by atoms with Crippen molar-refractivity contribution < 1.29 is 0 Å². The SMILES string of the molecule is Cc1ccnc(Sc2nnnn2C2CC2)c1C(=N)N. The minimum absolute atomic E-state index is 0.0125. The van der Waals surface area contributed by atoms with Crippen molar-refractivity contribution in [3.63, 3.8) is 0 Å². The van der Waals surface area contributed by atoms with E-state index in [9.17, 15) is 0 Å². The van der Waals surface area contributed by atoms with E-state index in [-0.39, 0.29) is 5.84 Å². The lowest BCUT2D eigenvalue weighted by molar-refractivity contribution is 0.565. The zero-order valence-electron chi connectivity index (χ0n) is 10.4. The number of nitrogens with one attached hydrogen (secondary N) is 1. The highest BCUT2D eigenvalue weighted by Gasteiger charge is 2.28. The fourth-order valence-corrected chi connectivity index (χ4v) is 2.84. The summed E-state index contributed by atoms with van der Waals surface area (Å²) in [6.45, 7) is 1.91. The highest BCUT2D eigenvalue weighted by molar-refractivity contribution is 7.99. The van der Waals surface area contributed by atoms with Gasteiger partial charge in [-0.15, -0.1) is 5.10 Å². The first-order valence-electron chi connectivity index (χ1n) is 5.92. The van der Waals surface area contributed by atoms with Crippen LogP contribution in [-0.4, -0.2) is 31.0 Å². The van der Waals surface area contributed by atoms with E-state index in [4.69, 9.17) is 11.1 Å². The summed E-state index contributed by atoms with van der Waals surface area (Å²) in [7, 11) is 0. The lowest BCUT2D eigenvalue weighted by Gasteiger charge is -2.09. The Hall–Kier alpha value is -1.96. The molecule has 2 aromatic heterocycles. The van der Waals surface area contributed by atoms with Crippen molar-refractivity contribution in [2.75, 3.05) is 0 Å². The second kappa shape index (κ2) is 4.61. The molecule has 2 heterocycles. The summed E-state index contributed by atoms with van der Waals surface area (Å²) in [5.74, 6) is 0.0125. The maximum Gasteiger partial charge on any atom is 0.215 e. The Morgan fingerprint density at radius 1 is 1.53 bits per heavy atom. The highest BCUT2D eigenvalue weighted by Crippen LogP contribution is 2.38. The third-order valence-electron chi connectivity index (χ3n) is 2.94. The summed E-state index contributed by atoms with van der Waals surface area (Å²) in [5.41, 5.74) is 7.20. The number of pyridine rings is 1. The molecule has 1 saturated carbocycles. The van der Waals surface area contributed by atoms with Gasteiger partial charge in [0.15, 0.2) is 0 Å². The predicted molar refractivity (Wildman–Crippen MR) is 70.2 cm³/mol. The first kappa shape index (κ1) is 12.1. The summed E-state index contributed by atoms with van der Waals surface area (Å²) >= 11 is 1.35. The largest absolute Gasteiger partial charge is 0.384 e. The van der Waals surface area contributed by atoms with Gasteiger partial charge in [-0.2, -0.15) is 0 Å². The predicted octanol–water partition coefficient (Wildman–Crippen LogP) is 1.15. The molecular weight excluding hydrogens is 262 g/mol. The standard InChI is InChI=1S/C11H13N7S/c1-6-4-5-14-10(8(6)9(12)13)19-11-15-16-17-18(11)7-2-3-7/h4-5,7H,2-3H2,1H3,(H3,12,13). The van der Waals surface area contributed by atoms with Crippen molar-refractivity contribution in [2.24, 2.45) is 5.73 Å². The van der Waals surface area contributed by atoms with Crippen LogP contribution in [0, 0.1) is 12.3 Å². The summed E-state index contributed by atoms with van der Waals surface area (Å²) < 4.78 is 1.82. The third kappa shape index (κ3) is 2.30. The maximum atomic E-state index is 7.66. The minimum atomic E-state index is 0.0125. The average molecular weight is 275 g/mol. The number of aryl methyl sites for hydroxylation is 1. The number of hydrogen-bond acceptors (Lipinski definition) is 6. The normalized spacial score (nSPS) is 14.6. The van der Waals surface area contributed by atoms with E-state index in [0.717, 1.165) is 18.4 Å². The van der Waals surface area contributed by atoms with Crippen LogP contribution in [0.3, 0.4) is 0 Å². The zero-order chi connectivity index (χ0) is 13.4. The molecule has 3 rings (SSSR count). The molecule has 2 aromatic rings. The highest BCUT2D eigenvalue weighted by atomic mass is 32.2. The van der Waals surface area contributed by atoms with Gasteiger partial charge in [-0.05, 0) is 53.6 Å². The number of nitrogens with zero attached hydrogens (tertiary/aromatic N) is 5. The van der Waals surface area contributed by atoms with Gasteiger partial charge < -0.3 is 5.73 Å². The van der Waals surface area contributed by atoms with Crippen LogP contribution in [-0.2, 0) is 0 Å². The lowest BCUT2D eigenvalue weighted by Crippen LogP contribution is -2.15. The van der Waals surface area contributed by atoms with E-state index in [1.165, 1.54) is 11.8 Å². The first-order valence-corrected chi connectivity index (χ1v) is 6.74. The molecule has 98 valence electrons. The molecule has 0 saturated heterocycles. The van der Waals surface area contributed by atoms with Gasteiger partial charge in [-0.1, -0.05) is 0 Å². The van der Waals surface area contributed by atoms with Gasteiger partial charge >= 0.3 is 0 Å². The molecule has 0 spiro atoms. The summed E-state index contributed by atoms with van der Waals surface area (Å²) in [6.07, 6.45) is 3.92. The fourth-order valence-electron chi connectivity index (χ4n) is 1.83. The molecular formula is C11H13N7S. The Morgan fingerprint density at radius 2 is 2.32 bits per heavy atom. The van der Waals surface area contributed by atoms with Crippen LogP contribution >= 0.6 is 11.8 Å². The van der Waals surface area contributed by atoms with Crippen molar-refractivity contribution in [3.8, 4) is 0 Å². The summed E-state index contributed by atoms with van der Waals surface area (Å²) in [4.78, 5) is 4.29. The topological polar surface area (TPSA) is 106 Å². The number of nitrogens with two attached hydrogens (primary N) is 1. The molecule has 0 aliphatic heterocycles. The number of tetrazole rings is 1. The molecule has 0 unspecified atom stereocenters. The lowest BCUT2D eigenvalue weighted by atomic mass is 10.1. The smallest absolute Gasteiger partial charge is 0.215 e. The van der Waals surface area contributed by atoms with Gasteiger partial charge in [-0.25, -0.2) is 9.67 Å². The van der Waals surface area contributed by atoms with Crippen molar-refractivity contribution in [3.05, 3.63) is 23.4 Å². The molecule has 19 heavy (non-hydrogen) atoms. The van der Waals surface area contributed by atoms with Crippen LogP contribution in [0.4, 0.5) is 0 Å². The Kier molecular flexibility index (Phi) is 2.94. The van der Waals surface area contributed by atoms with Crippen LogP contribution in [0.5, 0.6) is 0 Å². The minimum Gasteiger partial charge on any atom is -0.384 e. The second-order valence-electron chi connectivity index (χ2n) is 4.46.